The molecule has 113 heavy (non-hydrogen) atoms. The molecule has 6 aliphatic carbocycles. The van der Waals surface area contributed by atoms with Gasteiger partial charge in [-0.3, -0.25) is 0 Å². The van der Waals surface area contributed by atoms with Crippen molar-refractivity contribution in [1.82, 2.24) is 0 Å². The molecule has 2 spiro atoms. The summed E-state index contributed by atoms with van der Waals surface area (Å²) in [6.45, 7) is 34.4. The van der Waals surface area contributed by atoms with Crippen LogP contribution in [-0.4, -0.2) is 6.71 Å². The Morgan fingerprint density at radius 1 is 0.230 bits per heavy atom. The molecule has 0 unspecified atom stereocenters. The Morgan fingerprint density at radius 3 is 0.867 bits per heavy atom. The van der Waals surface area contributed by atoms with Crippen LogP contribution in [0.3, 0.4) is 0 Å². The molecule has 0 fully saturated rings. The number of hydrogen-bond acceptors (Lipinski definition) is 2. The molecule has 2 heterocycles. The van der Waals surface area contributed by atoms with Gasteiger partial charge in [0.25, 0.3) is 6.71 Å². The first kappa shape index (κ1) is 68.5. The second-order valence-electron chi connectivity index (χ2n) is 39.1. The lowest BCUT2D eigenvalue weighted by Crippen LogP contribution is -2.62. The standard InChI is InChI=1S/C110H97BN2/c1-103(2,3)70-46-50-96(78(60-70)67-44-48-88-80(56-67)76-36-22-28-42-86(76)109(88)82-38-24-18-32-72(82)73-33-19-25-39-83(73)109)112-98-64-92-90(105(7,8)52-54-107(92,11)12)62-94(98)111-95-63-91-93(108(13,14)55-53-106(91,9)10)65-99(95)113(101-59-69(58-100(112)102(101)111)66-30-16-15-17-31-66)97-51-47-71(104(4,5)6)61-79(97)68-45-49-89-81(57-68)77-37-23-29-43-87(77)110(89)84-40-26-20-34-74(84)75-35-21-27-41-85(75)110/h15-51,56-65H,52-55H2,1-14H3. The molecule has 0 aromatic heterocycles. The number of hydrogen-bond donors (Lipinski definition) is 0. The zero-order chi connectivity index (χ0) is 77.2. The van der Waals surface area contributed by atoms with Crippen molar-refractivity contribution in [2.75, 3.05) is 9.80 Å². The van der Waals surface area contributed by atoms with Gasteiger partial charge in [-0.2, -0.15) is 0 Å². The van der Waals surface area contributed by atoms with Gasteiger partial charge in [0, 0.05) is 33.9 Å². The molecule has 2 nitrogen and oxygen atoms in total. The summed E-state index contributed by atoms with van der Waals surface area (Å²) in [7, 11) is 0. The SMILES string of the molecule is CC(C)(C)c1ccc(N2c3cc4c(cc3B3c5cc6c(cc5N(c5ccc(C(C)(C)C)cc5-c5ccc7c(c5)-c5ccccc5C75c7ccccc7-c7ccccc75)c5cc(-c7ccccc7)cc2c53)C(C)(C)CCC6(C)C)C(C)(C)CCC4(C)C)c(-c2ccc3c(c2)-c2ccccc2C32c3ccccc3-c3ccccc32)c1. The highest BCUT2D eigenvalue weighted by Gasteiger charge is 2.55. The van der Waals surface area contributed by atoms with Crippen molar-refractivity contribution in [3.8, 4) is 77.9 Å². The van der Waals surface area contributed by atoms with Crippen molar-refractivity contribution in [3.05, 3.63) is 363 Å². The Kier molecular flexibility index (Phi) is 14.1. The van der Waals surface area contributed by atoms with Gasteiger partial charge in [0.15, 0.2) is 0 Å². The normalized spacial score (nSPS) is 17.3. The van der Waals surface area contributed by atoms with Crippen LogP contribution in [0.4, 0.5) is 34.1 Å². The van der Waals surface area contributed by atoms with Crippen molar-refractivity contribution < 1.29 is 0 Å². The minimum Gasteiger partial charge on any atom is -0.311 e. The predicted octanol–water partition coefficient (Wildman–Crippen LogP) is 26.8. The molecule has 14 aromatic rings. The zero-order valence-electron chi connectivity index (χ0n) is 67.9. The van der Waals surface area contributed by atoms with Crippen LogP contribution < -0.4 is 26.2 Å². The quantitative estimate of drug-likeness (QED) is 0.159. The van der Waals surface area contributed by atoms with Crippen molar-refractivity contribution in [2.24, 2.45) is 0 Å². The Balaban J connectivity index is 0.847. The van der Waals surface area contributed by atoms with Gasteiger partial charge in [-0.05, 0) is 280 Å². The molecule has 0 saturated heterocycles. The van der Waals surface area contributed by atoms with Gasteiger partial charge >= 0.3 is 0 Å². The van der Waals surface area contributed by atoms with E-state index >= 15 is 0 Å². The van der Waals surface area contributed by atoms with Gasteiger partial charge in [-0.1, -0.05) is 321 Å². The number of fused-ring (bicyclic) bond motifs is 26. The van der Waals surface area contributed by atoms with E-state index in [-0.39, 0.29) is 39.2 Å². The topological polar surface area (TPSA) is 6.48 Å². The Labute approximate surface area is 669 Å². The first-order chi connectivity index (χ1) is 54.3. The molecule has 14 aromatic carbocycles. The highest BCUT2D eigenvalue weighted by molar-refractivity contribution is 7.00. The first-order valence-corrected chi connectivity index (χ1v) is 41.7. The maximum Gasteiger partial charge on any atom is 0.252 e. The number of rotatable bonds is 5. The lowest BCUT2D eigenvalue weighted by atomic mass is 9.32. The number of anilines is 6. The van der Waals surface area contributed by atoms with Crippen LogP contribution in [0.25, 0.3) is 77.9 Å². The van der Waals surface area contributed by atoms with E-state index in [4.69, 9.17) is 0 Å². The summed E-state index contributed by atoms with van der Waals surface area (Å²) >= 11 is 0. The largest absolute Gasteiger partial charge is 0.311 e. The van der Waals surface area contributed by atoms with Crippen LogP contribution in [0.15, 0.2) is 285 Å². The van der Waals surface area contributed by atoms with Crippen molar-refractivity contribution in [3.63, 3.8) is 0 Å². The third-order valence-corrected chi connectivity index (χ3v) is 28.9. The van der Waals surface area contributed by atoms with Crippen molar-refractivity contribution in [2.45, 2.75) is 166 Å². The van der Waals surface area contributed by atoms with E-state index < -0.39 is 10.8 Å². The smallest absolute Gasteiger partial charge is 0.252 e. The molecule has 8 aliphatic rings. The van der Waals surface area contributed by atoms with E-state index in [0.29, 0.717) is 0 Å². The fourth-order valence-corrected chi connectivity index (χ4v) is 22.8. The third-order valence-electron chi connectivity index (χ3n) is 28.9. The third kappa shape index (κ3) is 9.31. The summed E-state index contributed by atoms with van der Waals surface area (Å²) in [5, 5.41) is 0. The molecule has 22 rings (SSSR count). The summed E-state index contributed by atoms with van der Waals surface area (Å²) in [6.07, 6.45) is 4.45. The maximum atomic E-state index is 2.80. The molecule has 0 atom stereocenters. The van der Waals surface area contributed by atoms with Crippen LogP contribution >= 0.6 is 0 Å². The molecule has 3 heteroatoms. The van der Waals surface area contributed by atoms with Gasteiger partial charge in [0.05, 0.1) is 22.2 Å². The van der Waals surface area contributed by atoms with E-state index in [1.165, 1.54) is 206 Å². The predicted molar refractivity (Wildman–Crippen MR) is 477 cm³/mol. The second-order valence-corrected chi connectivity index (χ2v) is 39.1. The lowest BCUT2D eigenvalue weighted by molar-refractivity contribution is 0.332. The summed E-state index contributed by atoms with van der Waals surface area (Å²) in [5.41, 5.74) is 47.0. The van der Waals surface area contributed by atoms with Gasteiger partial charge in [-0.15, -0.1) is 0 Å². The molecule has 0 saturated carbocycles. The van der Waals surface area contributed by atoms with Crippen LogP contribution in [0.5, 0.6) is 0 Å². The van der Waals surface area contributed by atoms with Gasteiger partial charge in [0.2, 0.25) is 0 Å². The van der Waals surface area contributed by atoms with E-state index in [9.17, 15) is 0 Å². The van der Waals surface area contributed by atoms with Crippen molar-refractivity contribution in [1.29, 1.82) is 0 Å². The number of nitrogens with zero attached hydrogens (tertiary/aromatic N) is 2. The minimum absolute atomic E-state index is 0.0709. The van der Waals surface area contributed by atoms with Gasteiger partial charge in [0.1, 0.15) is 0 Å². The Hall–Kier alpha value is -11.3. The van der Waals surface area contributed by atoms with Crippen LogP contribution in [0, 0.1) is 0 Å². The average molecular weight is 1460 g/mol. The van der Waals surface area contributed by atoms with E-state index in [0.717, 1.165) is 25.7 Å². The van der Waals surface area contributed by atoms with Gasteiger partial charge in [-0.25, -0.2) is 0 Å². The molecule has 0 N–H and O–H groups in total. The summed E-state index contributed by atoms with van der Waals surface area (Å²) in [6, 6.07) is 114. The molecule has 2 aliphatic heterocycles. The molecule has 550 valence electrons. The fourth-order valence-electron chi connectivity index (χ4n) is 22.8. The van der Waals surface area contributed by atoms with Crippen molar-refractivity contribution >= 4 is 57.2 Å². The summed E-state index contributed by atoms with van der Waals surface area (Å²) in [5.74, 6) is 0. The second kappa shape index (κ2) is 23.2. The fraction of sp³-hybridized carbons (Fsp3) is 0.236. The Morgan fingerprint density at radius 2 is 0.531 bits per heavy atom. The summed E-state index contributed by atoms with van der Waals surface area (Å²) < 4.78 is 0. The highest BCUT2D eigenvalue weighted by atomic mass is 15.2. The van der Waals surface area contributed by atoms with E-state index in [1.54, 1.807) is 0 Å². The zero-order valence-corrected chi connectivity index (χ0v) is 67.9. The van der Waals surface area contributed by atoms with Crippen LogP contribution in [0.1, 0.15) is 201 Å². The minimum atomic E-state index is -0.464. The average Bonchev–Trinajstić information content (AvgIpc) is 1.40. The highest BCUT2D eigenvalue weighted by Crippen LogP contribution is 2.66. The monoisotopic (exact) mass is 1460 g/mol. The van der Waals surface area contributed by atoms with Crippen LogP contribution in [-0.2, 0) is 43.3 Å². The van der Waals surface area contributed by atoms with Gasteiger partial charge < -0.3 is 9.80 Å². The lowest BCUT2D eigenvalue weighted by Gasteiger charge is -2.49. The molecular weight excluding hydrogens is 1360 g/mol. The molecule has 0 amide bonds. The van der Waals surface area contributed by atoms with E-state index in [2.05, 4.69) is 392 Å². The molecule has 0 bridgehead atoms. The number of benzene rings is 14. The summed E-state index contributed by atoms with van der Waals surface area (Å²) in [4.78, 5) is 5.60. The Bertz CT molecular complexity index is 6030. The first-order valence-electron chi connectivity index (χ1n) is 41.7. The maximum absolute atomic E-state index is 2.80. The molecular formula is C110H97BN2. The van der Waals surface area contributed by atoms with E-state index in [1.807, 2.05) is 0 Å². The molecule has 0 radical (unpaired) electrons. The van der Waals surface area contributed by atoms with Crippen LogP contribution in [0.2, 0.25) is 0 Å².